The summed E-state index contributed by atoms with van der Waals surface area (Å²) in [5.41, 5.74) is 4.85. The maximum atomic E-state index is 10.4. The van der Waals surface area contributed by atoms with Gasteiger partial charge in [-0.05, 0) is 6.92 Å². The monoisotopic (exact) mass is 182 g/mol. The molecular weight excluding hydrogens is 172 g/mol. The molecule has 0 atom stereocenters. The molecule has 0 aliphatic rings. The molecule has 0 saturated heterocycles. The fraction of sp³-hybridized carbons (Fsp3) is 0.250. The van der Waals surface area contributed by atoms with E-state index in [0.717, 1.165) is 0 Å². The Hall–Kier alpha value is -1.78. The summed E-state index contributed by atoms with van der Waals surface area (Å²) in [7, 11) is 0. The normalized spacial score (nSPS) is 9.31. The van der Waals surface area contributed by atoms with Gasteiger partial charge in [-0.15, -0.1) is 0 Å². The van der Waals surface area contributed by atoms with E-state index < -0.39 is 6.09 Å². The van der Waals surface area contributed by atoms with E-state index in [9.17, 15) is 4.79 Å². The zero-order valence-electron chi connectivity index (χ0n) is 7.19. The van der Waals surface area contributed by atoms with E-state index in [4.69, 9.17) is 10.5 Å². The van der Waals surface area contributed by atoms with Crippen molar-refractivity contribution >= 4 is 6.09 Å². The van der Waals surface area contributed by atoms with E-state index >= 15 is 0 Å². The number of hydrogen-bond donors (Lipinski definition) is 1. The minimum absolute atomic E-state index is 0.282. The molecule has 0 aliphatic carbocycles. The van der Waals surface area contributed by atoms with Crippen LogP contribution in [0.3, 0.4) is 0 Å². The van der Waals surface area contributed by atoms with Gasteiger partial charge in [-0.3, -0.25) is 4.98 Å². The second-order valence-electron chi connectivity index (χ2n) is 2.18. The van der Waals surface area contributed by atoms with Crippen LogP contribution in [0.2, 0.25) is 0 Å². The summed E-state index contributed by atoms with van der Waals surface area (Å²) in [6, 6.07) is 1.51. The van der Waals surface area contributed by atoms with Crippen LogP contribution in [-0.4, -0.2) is 17.7 Å². The Labute approximate surface area is 75.5 Å². The van der Waals surface area contributed by atoms with Crippen molar-refractivity contribution in [1.29, 1.82) is 0 Å². The van der Waals surface area contributed by atoms with E-state index in [1.165, 1.54) is 18.5 Å². The Kier molecular flexibility index (Phi) is 3.08. The Morgan fingerprint density at radius 2 is 2.38 bits per heavy atom. The Bertz CT molecular complexity index is 301. The molecule has 0 saturated carbocycles. The van der Waals surface area contributed by atoms with Crippen LogP contribution in [0.4, 0.5) is 4.79 Å². The van der Waals surface area contributed by atoms with Gasteiger partial charge in [0.1, 0.15) is 0 Å². The van der Waals surface area contributed by atoms with Crippen LogP contribution in [-0.2, 0) is 0 Å². The van der Waals surface area contributed by atoms with Gasteiger partial charge in [0.15, 0.2) is 11.5 Å². The molecule has 1 rings (SSSR count). The maximum absolute atomic E-state index is 10.4. The number of ether oxygens (including phenoxy) is 2. The number of amides is 1. The van der Waals surface area contributed by atoms with Crippen molar-refractivity contribution in [2.75, 3.05) is 6.61 Å². The number of rotatable bonds is 3. The highest BCUT2D eigenvalue weighted by molar-refractivity contribution is 5.69. The van der Waals surface area contributed by atoms with Crippen molar-refractivity contribution in [3.05, 3.63) is 18.5 Å². The predicted octanol–water partition coefficient (Wildman–Crippen LogP) is 0.938. The van der Waals surface area contributed by atoms with Crippen LogP contribution in [0.5, 0.6) is 11.5 Å². The van der Waals surface area contributed by atoms with Crippen LogP contribution in [0.1, 0.15) is 6.92 Å². The average molecular weight is 182 g/mol. The van der Waals surface area contributed by atoms with Crippen molar-refractivity contribution in [1.82, 2.24) is 4.98 Å². The summed E-state index contributed by atoms with van der Waals surface area (Å²) in [6.45, 7) is 2.29. The first-order valence-corrected chi connectivity index (χ1v) is 3.78. The third kappa shape index (κ3) is 2.62. The maximum Gasteiger partial charge on any atom is 0.410 e. The van der Waals surface area contributed by atoms with Gasteiger partial charge in [0, 0.05) is 12.3 Å². The van der Waals surface area contributed by atoms with Gasteiger partial charge < -0.3 is 15.2 Å². The van der Waals surface area contributed by atoms with Gasteiger partial charge >= 0.3 is 6.09 Å². The highest BCUT2D eigenvalue weighted by Crippen LogP contribution is 2.24. The molecule has 1 amide bonds. The SMILES string of the molecule is CCOc1cnccc1OC(N)=O. The first kappa shape index (κ1) is 9.31. The fourth-order valence-electron chi connectivity index (χ4n) is 0.824. The van der Waals surface area contributed by atoms with Gasteiger partial charge in [-0.1, -0.05) is 0 Å². The van der Waals surface area contributed by atoms with Crippen LogP contribution in [0.15, 0.2) is 18.5 Å². The van der Waals surface area contributed by atoms with Crippen LogP contribution >= 0.6 is 0 Å². The summed E-state index contributed by atoms with van der Waals surface area (Å²) in [5, 5.41) is 0. The van der Waals surface area contributed by atoms with Crippen LogP contribution in [0.25, 0.3) is 0 Å². The minimum atomic E-state index is -0.868. The lowest BCUT2D eigenvalue weighted by molar-refractivity contribution is 0.207. The summed E-state index contributed by atoms with van der Waals surface area (Å²) in [6.07, 6.45) is 2.08. The molecule has 5 heteroatoms. The molecule has 0 radical (unpaired) electrons. The molecule has 70 valence electrons. The predicted molar refractivity (Wildman–Crippen MR) is 45.6 cm³/mol. The van der Waals surface area contributed by atoms with Gasteiger partial charge in [-0.25, -0.2) is 4.79 Å². The van der Waals surface area contributed by atoms with Crippen molar-refractivity contribution in [3.63, 3.8) is 0 Å². The quantitative estimate of drug-likeness (QED) is 0.754. The van der Waals surface area contributed by atoms with Crippen molar-refractivity contribution in [2.45, 2.75) is 6.92 Å². The smallest absolute Gasteiger partial charge is 0.410 e. The zero-order valence-corrected chi connectivity index (χ0v) is 7.19. The van der Waals surface area contributed by atoms with Crippen LogP contribution in [0, 0.1) is 0 Å². The zero-order chi connectivity index (χ0) is 9.68. The van der Waals surface area contributed by atoms with E-state index in [2.05, 4.69) is 9.72 Å². The molecule has 0 spiro atoms. The third-order valence-electron chi connectivity index (χ3n) is 1.26. The van der Waals surface area contributed by atoms with Crippen molar-refractivity contribution < 1.29 is 14.3 Å². The van der Waals surface area contributed by atoms with E-state index in [1.807, 2.05) is 6.92 Å². The molecule has 2 N–H and O–H groups in total. The summed E-state index contributed by atoms with van der Waals surface area (Å²) < 4.78 is 9.81. The number of carbonyl (C=O) groups is 1. The van der Waals surface area contributed by atoms with Crippen molar-refractivity contribution in [3.8, 4) is 11.5 Å². The van der Waals surface area contributed by atoms with Gasteiger partial charge in [0.2, 0.25) is 0 Å². The molecule has 1 aromatic rings. The number of primary amides is 1. The van der Waals surface area contributed by atoms with Crippen molar-refractivity contribution in [2.24, 2.45) is 5.73 Å². The average Bonchev–Trinajstić information content (AvgIpc) is 2.08. The molecule has 0 aliphatic heterocycles. The molecule has 0 aromatic carbocycles. The molecule has 1 heterocycles. The third-order valence-corrected chi connectivity index (χ3v) is 1.26. The topological polar surface area (TPSA) is 74.4 Å². The molecule has 0 unspecified atom stereocenters. The minimum Gasteiger partial charge on any atom is -0.488 e. The Balaban J connectivity index is 2.84. The molecule has 1 aromatic heterocycles. The fourth-order valence-corrected chi connectivity index (χ4v) is 0.824. The van der Waals surface area contributed by atoms with Crippen LogP contribution < -0.4 is 15.2 Å². The first-order valence-electron chi connectivity index (χ1n) is 3.78. The number of nitrogens with zero attached hydrogens (tertiary/aromatic N) is 1. The molecule has 0 bridgehead atoms. The lowest BCUT2D eigenvalue weighted by Crippen LogP contribution is -2.16. The molecule has 5 nitrogen and oxygen atoms in total. The summed E-state index contributed by atoms with van der Waals surface area (Å²) >= 11 is 0. The lowest BCUT2D eigenvalue weighted by atomic mass is 10.4. The lowest BCUT2D eigenvalue weighted by Gasteiger charge is -2.07. The largest absolute Gasteiger partial charge is 0.488 e. The first-order chi connectivity index (χ1) is 6.24. The number of pyridine rings is 1. The number of hydrogen-bond acceptors (Lipinski definition) is 4. The number of aromatic nitrogens is 1. The highest BCUT2D eigenvalue weighted by Gasteiger charge is 2.06. The number of carbonyl (C=O) groups excluding carboxylic acids is 1. The Morgan fingerprint density at radius 1 is 1.62 bits per heavy atom. The molecule has 0 fully saturated rings. The summed E-state index contributed by atoms with van der Waals surface area (Å²) in [5.74, 6) is 0.688. The van der Waals surface area contributed by atoms with Gasteiger partial charge in [0.25, 0.3) is 0 Å². The second-order valence-corrected chi connectivity index (χ2v) is 2.18. The van der Waals surface area contributed by atoms with Gasteiger partial charge in [0.05, 0.1) is 12.8 Å². The number of nitrogens with two attached hydrogens (primary N) is 1. The standard InChI is InChI=1S/C8H10N2O3/c1-2-12-7-5-10-4-3-6(7)13-8(9)11/h3-5H,2H2,1H3,(H2,9,11). The van der Waals surface area contributed by atoms with E-state index in [1.54, 1.807) is 0 Å². The summed E-state index contributed by atoms with van der Waals surface area (Å²) in [4.78, 5) is 14.3. The second kappa shape index (κ2) is 4.30. The van der Waals surface area contributed by atoms with E-state index in [-0.39, 0.29) is 5.75 Å². The molecular formula is C8H10N2O3. The van der Waals surface area contributed by atoms with Gasteiger partial charge in [-0.2, -0.15) is 0 Å². The van der Waals surface area contributed by atoms with E-state index in [0.29, 0.717) is 12.4 Å². The highest BCUT2D eigenvalue weighted by atomic mass is 16.6. The molecule has 13 heavy (non-hydrogen) atoms. The Morgan fingerprint density at radius 3 is 3.00 bits per heavy atom.